The average molecular weight is 381 g/mol. The van der Waals surface area contributed by atoms with Crippen LogP contribution >= 0.6 is 0 Å². The van der Waals surface area contributed by atoms with Crippen LogP contribution in [0.3, 0.4) is 0 Å². The molecule has 4 fully saturated rings. The Morgan fingerprint density at radius 3 is 2.56 bits per heavy atom. The summed E-state index contributed by atoms with van der Waals surface area (Å²) in [6.45, 7) is 10.8. The van der Waals surface area contributed by atoms with Crippen LogP contribution in [0.25, 0.3) is 0 Å². The monoisotopic (exact) mass is 380 g/mol. The van der Waals surface area contributed by atoms with Crippen LogP contribution in [-0.4, -0.2) is 50.2 Å². The molecule has 0 spiro atoms. The minimum Gasteiger partial charge on any atom is -0.462 e. The summed E-state index contributed by atoms with van der Waals surface area (Å²) in [5.74, 6) is 2.52. The Kier molecular flexibility index (Phi) is 5.32. The fourth-order valence-electron chi connectivity index (χ4n) is 5.72. The Morgan fingerprint density at radius 1 is 1.11 bits per heavy atom. The normalized spacial score (nSPS) is 39.3. The zero-order valence-corrected chi connectivity index (χ0v) is 17.4. The number of esters is 1. The lowest BCUT2D eigenvalue weighted by molar-refractivity contribution is -0.206. The van der Waals surface area contributed by atoms with Crippen LogP contribution in [0.1, 0.15) is 59.8 Å². The van der Waals surface area contributed by atoms with Crippen LogP contribution < -0.4 is 0 Å². The quantitative estimate of drug-likeness (QED) is 0.476. The van der Waals surface area contributed by atoms with E-state index >= 15 is 0 Å². The van der Waals surface area contributed by atoms with Gasteiger partial charge in [-0.3, -0.25) is 4.79 Å². The molecule has 0 aromatic carbocycles. The Hall–Kier alpha value is -0.650. The molecule has 1 aliphatic heterocycles. The van der Waals surface area contributed by atoms with E-state index in [9.17, 15) is 4.79 Å². The standard InChI is InChI=1S/C22H36O5/c1-5-21(2,3)20(23)27-17-7-6-15-14-10-16(19(15)17)18(11-14)25-8-9-26-22(4)12-24-13-22/h14-19H,5-13H2,1-4H3. The van der Waals surface area contributed by atoms with Crippen LogP contribution in [0.15, 0.2) is 0 Å². The molecule has 0 N–H and O–H groups in total. The molecule has 4 aliphatic rings. The van der Waals surface area contributed by atoms with E-state index < -0.39 is 0 Å². The van der Waals surface area contributed by atoms with Gasteiger partial charge in [-0.2, -0.15) is 0 Å². The maximum atomic E-state index is 12.6. The average Bonchev–Trinajstić information content (AvgIpc) is 3.29. The molecule has 154 valence electrons. The summed E-state index contributed by atoms with van der Waals surface area (Å²) < 4.78 is 23.4. The predicted octanol–water partition coefficient (Wildman–Crippen LogP) is 3.59. The number of hydrogen-bond donors (Lipinski definition) is 0. The first-order valence-corrected chi connectivity index (χ1v) is 10.9. The van der Waals surface area contributed by atoms with Gasteiger partial charge in [0.2, 0.25) is 0 Å². The predicted molar refractivity (Wildman–Crippen MR) is 101 cm³/mol. The van der Waals surface area contributed by atoms with Gasteiger partial charge in [0, 0.05) is 5.92 Å². The lowest BCUT2D eigenvalue weighted by atomic mass is 9.79. The SMILES string of the molecule is CCC(C)(C)C(=O)OC1CCC2C3CC(OCCOC4(C)COC4)C(C3)C12. The van der Waals surface area contributed by atoms with Crippen molar-refractivity contribution in [1.82, 2.24) is 0 Å². The van der Waals surface area contributed by atoms with Crippen molar-refractivity contribution < 1.29 is 23.7 Å². The van der Waals surface area contributed by atoms with Gasteiger partial charge in [0.25, 0.3) is 0 Å². The molecule has 6 atom stereocenters. The number of carbonyl (C=O) groups excluding carboxylic acids is 1. The lowest BCUT2D eigenvalue weighted by Crippen LogP contribution is -2.49. The van der Waals surface area contributed by atoms with Crippen molar-refractivity contribution in [2.45, 2.75) is 77.6 Å². The van der Waals surface area contributed by atoms with E-state index in [2.05, 4.69) is 13.8 Å². The first kappa shape index (κ1) is 19.7. The first-order chi connectivity index (χ1) is 12.8. The molecule has 5 heteroatoms. The van der Waals surface area contributed by atoms with Gasteiger partial charge >= 0.3 is 5.97 Å². The zero-order valence-electron chi connectivity index (χ0n) is 17.4. The van der Waals surface area contributed by atoms with Crippen LogP contribution in [0.2, 0.25) is 0 Å². The summed E-state index contributed by atoms with van der Waals surface area (Å²) in [5.41, 5.74) is -0.496. The van der Waals surface area contributed by atoms with Crippen LogP contribution in [0, 0.1) is 29.1 Å². The summed E-state index contributed by atoms with van der Waals surface area (Å²) in [7, 11) is 0. The third kappa shape index (κ3) is 3.67. The van der Waals surface area contributed by atoms with E-state index in [1.807, 2.05) is 13.8 Å². The number of hydrogen-bond acceptors (Lipinski definition) is 5. The maximum absolute atomic E-state index is 12.6. The number of rotatable bonds is 8. The molecular formula is C22H36O5. The fraction of sp³-hybridized carbons (Fsp3) is 0.955. The zero-order chi connectivity index (χ0) is 19.2. The van der Waals surface area contributed by atoms with E-state index in [4.69, 9.17) is 18.9 Å². The van der Waals surface area contributed by atoms with Gasteiger partial charge in [-0.25, -0.2) is 0 Å². The second-order valence-electron chi connectivity index (χ2n) is 10.1. The largest absolute Gasteiger partial charge is 0.462 e. The molecule has 1 heterocycles. The molecule has 0 aromatic rings. The third-order valence-corrected chi connectivity index (χ3v) is 7.77. The van der Waals surface area contributed by atoms with Crippen molar-refractivity contribution in [1.29, 1.82) is 0 Å². The summed E-state index contributed by atoms with van der Waals surface area (Å²) in [4.78, 5) is 12.6. The second kappa shape index (κ2) is 7.31. The lowest BCUT2D eigenvalue weighted by Gasteiger charge is -2.38. The summed E-state index contributed by atoms with van der Waals surface area (Å²) in [6, 6.07) is 0. The van der Waals surface area contributed by atoms with Crippen molar-refractivity contribution in [2.24, 2.45) is 29.1 Å². The van der Waals surface area contributed by atoms with Gasteiger partial charge in [0.1, 0.15) is 11.7 Å². The molecule has 6 unspecified atom stereocenters. The smallest absolute Gasteiger partial charge is 0.311 e. The summed E-state index contributed by atoms with van der Waals surface area (Å²) in [6.07, 6.45) is 5.88. The Labute approximate surface area is 163 Å². The van der Waals surface area contributed by atoms with Crippen molar-refractivity contribution in [2.75, 3.05) is 26.4 Å². The molecule has 3 saturated carbocycles. The molecule has 4 rings (SSSR count). The molecule has 27 heavy (non-hydrogen) atoms. The Balaban J connectivity index is 1.29. The summed E-state index contributed by atoms with van der Waals surface area (Å²) >= 11 is 0. The van der Waals surface area contributed by atoms with Crippen LogP contribution in [0.5, 0.6) is 0 Å². The van der Waals surface area contributed by atoms with Crippen LogP contribution in [-0.2, 0) is 23.7 Å². The van der Waals surface area contributed by atoms with E-state index in [0.29, 0.717) is 44.4 Å². The van der Waals surface area contributed by atoms with Gasteiger partial charge in [0.15, 0.2) is 0 Å². The van der Waals surface area contributed by atoms with Crippen molar-refractivity contribution >= 4 is 5.97 Å². The molecule has 1 saturated heterocycles. The van der Waals surface area contributed by atoms with Crippen molar-refractivity contribution in [3.05, 3.63) is 0 Å². The van der Waals surface area contributed by atoms with Crippen LogP contribution in [0.4, 0.5) is 0 Å². The number of carbonyl (C=O) groups is 1. The highest BCUT2D eigenvalue weighted by atomic mass is 16.6. The van der Waals surface area contributed by atoms with E-state index in [1.54, 1.807) is 0 Å². The Bertz CT molecular complexity index is 555. The highest BCUT2D eigenvalue weighted by Gasteiger charge is 2.59. The van der Waals surface area contributed by atoms with Gasteiger partial charge in [-0.1, -0.05) is 6.92 Å². The third-order valence-electron chi connectivity index (χ3n) is 7.77. The second-order valence-corrected chi connectivity index (χ2v) is 10.1. The first-order valence-electron chi connectivity index (χ1n) is 10.9. The number of ether oxygens (including phenoxy) is 4. The highest BCUT2D eigenvalue weighted by molar-refractivity contribution is 5.76. The van der Waals surface area contributed by atoms with E-state index in [1.165, 1.54) is 19.3 Å². The summed E-state index contributed by atoms with van der Waals surface area (Å²) in [5, 5.41) is 0. The van der Waals surface area contributed by atoms with Crippen molar-refractivity contribution in [3.63, 3.8) is 0 Å². The molecule has 5 nitrogen and oxygen atoms in total. The minimum atomic E-state index is -0.385. The van der Waals surface area contributed by atoms with E-state index in [0.717, 1.165) is 24.7 Å². The molecule has 0 amide bonds. The molecule has 3 aliphatic carbocycles. The topological polar surface area (TPSA) is 54.0 Å². The van der Waals surface area contributed by atoms with Gasteiger partial charge in [-0.15, -0.1) is 0 Å². The van der Waals surface area contributed by atoms with Gasteiger partial charge in [0.05, 0.1) is 37.9 Å². The minimum absolute atomic E-state index is 0.0275. The molecule has 0 aromatic heterocycles. The molecular weight excluding hydrogens is 344 g/mol. The van der Waals surface area contributed by atoms with Gasteiger partial charge < -0.3 is 18.9 Å². The van der Waals surface area contributed by atoms with Crippen molar-refractivity contribution in [3.8, 4) is 0 Å². The highest BCUT2D eigenvalue weighted by Crippen LogP contribution is 2.60. The molecule has 2 bridgehead atoms. The Morgan fingerprint density at radius 2 is 1.89 bits per heavy atom. The molecule has 0 radical (unpaired) electrons. The number of fused-ring (bicyclic) bond motifs is 5. The maximum Gasteiger partial charge on any atom is 0.311 e. The fourth-order valence-corrected chi connectivity index (χ4v) is 5.72. The van der Waals surface area contributed by atoms with E-state index in [-0.39, 0.29) is 23.1 Å². The van der Waals surface area contributed by atoms with Gasteiger partial charge in [-0.05, 0) is 70.6 Å².